The van der Waals surface area contributed by atoms with Crippen LogP contribution < -0.4 is 4.74 Å². The molecular formula is C26H28FN5O3. The SMILES string of the molecule is COc1ccc(Cn2nnnc2C(c2ccccc2F)N(Cc2ccco2)CC2CCCO2)cc1. The van der Waals surface area contributed by atoms with Crippen LogP contribution in [0.1, 0.15) is 41.6 Å². The minimum atomic E-state index is -0.543. The van der Waals surface area contributed by atoms with E-state index in [0.29, 0.717) is 31.0 Å². The van der Waals surface area contributed by atoms with Crippen molar-refractivity contribution in [3.8, 4) is 5.75 Å². The molecule has 0 bridgehead atoms. The van der Waals surface area contributed by atoms with Gasteiger partial charge in [0.1, 0.15) is 23.4 Å². The molecule has 2 aromatic carbocycles. The summed E-state index contributed by atoms with van der Waals surface area (Å²) in [7, 11) is 1.63. The lowest BCUT2D eigenvalue weighted by atomic mass is 10.0. The van der Waals surface area contributed by atoms with E-state index in [1.807, 2.05) is 42.5 Å². The van der Waals surface area contributed by atoms with Crippen molar-refractivity contribution in [3.05, 3.63) is 95.5 Å². The lowest BCUT2D eigenvalue weighted by Crippen LogP contribution is -2.37. The second kappa shape index (κ2) is 10.8. The Kier molecular flexibility index (Phi) is 7.15. The number of furan rings is 1. The summed E-state index contributed by atoms with van der Waals surface area (Å²) in [6.07, 6.45) is 3.66. The molecule has 35 heavy (non-hydrogen) atoms. The summed E-state index contributed by atoms with van der Waals surface area (Å²) < 4.78 is 33.9. The van der Waals surface area contributed by atoms with Gasteiger partial charge in [-0.25, -0.2) is 9.07 Å². The van der Waals surface area contributed by atoms with Crippen LogP contribution in [0.3, 0.4) is 0 Å². The number of nitrogens with zero attached hydrogens (tertiary/aromatic N) is 5. The van der Waals surface area contributed by atoms with Crippen LogP contribution >= 0.6 is 0 Å². The highest BCUT2D eigenvalue weighted by atomic mass is 19.1. The number of halogens is 1. The second-order valence-electron chi connectivity index (χ2n) is 8.61. The fourth-order valence-electron chi connectivity index (χ4n) is 4.53. The molecule has 4 aromatic rings. The van der Waals surface area contributed by atoms with Crippen molar-refractivity contribution in [3.63, 3.8) is 0 Å². The maximum Gasteiger partial charge on any atom is 0.173 e. The summed E-state index contributed by atoms with van der Waals surface area (Å²) in [5.74, 6) is 1.79. The lowest BCUT2D eigenvalue weighted by molar-refractivity contribution is 0.0541. The van der Waals surface area contributed by atoms with Gasteiger partial charge >= 0.3 is 0 Å². The van der Waals surface area contributed by atoms with E-state index in [4.69, 9.17) is 13.9 Å². The first-order valence-electron chi connectivity index (χ1n) is 11.7. The number of tetrazole rings is 1. The van der Waals surface area contributed by atoms with Crippen LogP contribution in [0.4, 0.5) is 4.39 Å². The Morgan fingerprint density at radius 3 is 2.71 bits per heavy atom. The average Bonchev–Trinajstić information content (AvgIpc) is 3.66. The first-order chi connectivity index (χ1) is 17.2. The lowest BCUT2D eigenvalue weighted by Gasteiger charge is -2.32. The maximum atomic E-state index is 15.3. The van der Waals surface area contributed by atoms with E-state index >= 15 is 4.39 Å². The second-order valence-corrected chi connectivity index (χ2v) is 8.61. The number of hydrogen-bond acceptors (Lipinski definition) is 7. The standard InChI is InChI=1S/C26H28FN5O3/c1-33-20-12-10-19(11-13-20)16-32-26(28-29-30-32)25(23-8-2-3-9-24(23)27)31(17-21-6-4-14-34-21)18-22-7-5-15-35-22/h2-4,6,8-14,22,25H,5,7,15-18H2,1H3. The molecule has 2 atom stereocenters. The number of benzene rings is 2. The van der Waals surface area contributed by atoms with Crippen LogP contribution in [-0.4, -0.2) is 51.5 Å². The molecule has 8 nitrogen and oxygen atoms in total. The Balaban J connectivity index is 1.54. The predicted molar refractivity (Wildman–Crippen MR) is 126 cm³/mol. The van der Waals surface area contributed by atoms with Crippen LogP contribution in [0.25, 0.3) is 0 Å². The van der Waals surface area contributed by atoms with Gasteiger partial charge in [-0.1, -0.05) is 30.3 Å². The van der Waals surface area contributed by atoms with Crippen LogP contribution in [-0.2, 0) is 17.8 Å². The Hall–Kier alpha value is -3.56. The highest BCUT2D eigenvalue weighted by Gasteiger charge is 2.33. The van der Waals surface area contributed by atoms with Crippen molar-refractivity contribution < 1.29 is 18.3 Å². The van der Waals surface area contributed by atoms with Gasteiger partial charge < -0.3 is 13.9 Å². The molecule has 2 unspecified atom stereocenters. The maximum absolute atomic E-state index is 15.3. The largest absolute Gasteiger partial charge is 0.497 e. The van der Waals surface area contributed by atoms with Gasteiger partial charge in [0.05, 0.1) is 32.6 Å². The molecule has 3 heterocycles. The molecule has 1 saturated heterocycles. The number of hydrogen-bond donors (Lipinski definition) is 0. The summed E-state index contributed by atoms with van der Waals surface area (Å²) in [5.41, 5.74) is 1.51. The van der Waals surface area contributed by atoms with E-state index in [9.17, 15) is 0 Å². The van der Waals surface area contributed by atoms with E-state index in [1.165, 1.54) is 6.07 Å². The Bertz CT molecular complexity index is 1210. The molecule has 2 aromatic heterocycles. The van der Waals surface area contributed by atoms with Crippen molar-refractivity contribution in [2.75, 3.05) is 20.3 Å². The highest BCUT2D eigenvalue weighted by Crippen LogP contribution is 2.32. The van der Waals surface area contributed by atoms with E-state index in [1.54, 1.807) is 30.2 Å². The first kappa shape index (κ1) is 23.2. The summed E-state index contributed by atoms with van der Waals surface area (Å²) in [4.78, 5) is 2.14. The smallest absolute Gasteiger partial charge is 0.173 e. The van der Waals surface area contributed by atoms with Crippen LogP contribution in [0.15, 0.2) is 71.3 Å². The predicted octanol–water partition coefficient (Wildman–Crippen LogP) is 4.23. The van der Waals surface area contributed by atoms with Crippen molar-refractivity contribution >= 4 is 0 Å². The van der Waals surface area contributed by atoms with Crippen LogP contribution in [0, 0.1) is 5.82 Å². The van der Waals surface area contributed by atoms with Gasteiger partial charge in [-0.05, 0) is 59.2 Å². The summed E-state index contributed by atoms with van der Waals surface area (Å²) >= 11 is 0. The summed E-state index contributed by atoms with van der Waals surface area (Å²) in [6, 6.07) is 17.7. The van der Waals surface area contributed by atoms with E-state index in [-0.39, 0.29) is 11.9 Å². The molecule has 9 heteroatoms. The topological polar surface area (TPSA) is 78.4 Å². The monoisotopic (exact) mass is 477 g/mol. The highest BCUT2D eigenvalue weighted by molar-refractivity contribution is 5.29. The zero-order chi connectivity index (χ0) is 24.0. The molecule has 0 aliphatic carbocycles. The molecule has 1 aliphatic rings. The molecule has 1 aliphatic heterocycles. The molecule has 0 radical (unpaired) electrons. The zero-order valence-electron chi connectivity index (χ0n) is 19.6. The van der Waals surface area contributed by atoms with Gasteiger partial charge in [0, 0.05) is 18.7 Å². The Morgan fingerprint density at radius 1 is 1.14 bits per heavy atom. The van der Waals surface area contributed by atoms with Gasteiger partial charge in [-0.15, -0.1) is 5.10 Å². The van der Waals surface area contributed by atoms with Crippen LogP contribution in [0.5, 0.6) is 5.75 Å². The van der Waals surface area contributed by atoms with Crippen molar-refractivity contribution in [2.24, 2.45) is 0 Å². The van der Waals surface area contributed by atoms with E-state index in [0.717, 1.165) is 36.5 Å². The minimum Gasteiger partial charge on any atom is -0.497 e. The van der Waals surface area contributed by atoms with Gasteiger partial charge in [0.2, 0.25) is 0 Å². The Morgan fingerprint density at radius 2 is 2.00 bits per heavy atom. The molecule has 0 spiro atoms. The van der Waals surface area contributed by atoms with Crippen molar-refractivity contribution in [1.29, 1.82) is 0 Å². The third-order valence-corrected chi connectivity index (χ3v) is 6.26. The number of methoxy groups -OCH3 is 1. The molecule has 0 saturated carbocycles. The Labute approximate surface area is 203 Å². The average molecular weight is 478 g/mol. The van der Waals surface area contributed by atoms with Gasteiger partial charge in [-0.2, -0.15) is 0 Å². The third-order valence-electron chi connectivity index (χ3n) is 6.26. The van der Waals surface area contributed by atoms with E-state index in [2.05, 4.69) is 20.4 Å². The van der Waals surface area contributed by atoms with Gasteiger partial charge in [0.25, 0.3) is 0 Å². The minimum absolute atomic E-state index is 0.0464. The number of rotatable bonds is 10. The fraction of sp³-hybridized carbons (Fsp3) is 0.346. The molecule has 5 rings (SSSR count). The van der Waals surface area contributed by atoms with Crippen molar-refractivity contribution in [2.45, 2.75) is 38.1 Å². The number of ether oxygens (including phenoxy) is 2. The van der Waals surface area contributed by atoms with Crippen LogP contribution in [0.2, 0.25) is 0 Å². The fourth-order valence-corrected chi connectivity index (χ4v) is 4.53. The molecule has 0 N–H and O–H groups in total. The summed E-state index contributed by atoms with van der Waals surface area (Å²) in [5, 5.41) is 12.6. The molecule has 182 valence electrons. The van der Waals surface area contributed by atoms with E-state index < -0.39 is 6.04 Å². The quantitative estimate of drug-likeness (QED) is 0.338. The normalized spacial score (nSPS) is 16.6. The molecule has 0 amide bonds. The third kappa shape index (κ3) is 5.41. The van der Waals surface area contributed by atoms with Gasteiger partial charge in [0.15, 0.2) is 5.82 Å². The summed E-state index contributed by atoms with van der Waals surface area (Å²) in [6.45, 7) is 2.22. The first-order valence-corrected chi connectivity index (χ1v) is 11.7. The number of aromatic nitrogens is 4. The molecule has 1 fully saturated rings. The van der Waals surface area contributed by atoms with Crippen molar-refractivity contribution in [1.82, 2.24) is 25.1 Å². The van der Waals surface area contributed by atoms with Gasteiger partial charge in [-0.3, -0.25) is 4.90 Å². The molecular weight excluding hydrogens is 449 g/mol. The zero-order valence-corrected chi connectivity index (χ0v) is 19.6.